The Balaban J connectivity index is 0.000000314. The summed E-state index contributed by atoms with van der Waals surface area (Å²) >= 11 is 1.61. The zero-order chi connectivity index (χ0) is 96.2. The molecular formula is C95H138N24O10S. The normalized spacial score (nSPS) is 12.2. The first-order valence-corrected chi connectivity index (χ1v) is 44.2. The average Bonchev–Trinajstić information content (AvgIpc) is 1.53. The van der Waals surface area contributed by atoms with Crippen LogP contribution in [-0.4, -0.2) is 198 Å². The van der Waals surface area contributed by atoms with Crippen LogP contribution in [0, 0.1) is 22.7 Å². The first kappa shape index (κ1) is 109. The number of H-pyrrole nitrogens is 2. The Hall–Kier alpha value is -13.7. The SMILES string of the molecule is C=C(CC#N)Nc1ccc(-c2ccnc(NC(C)C)n2)cc1.C=C(CC#N)Nc1ccc(-c2csc(NC(C)C)n2)cc1.CC(C)NC1=NCC(C(=O)NC2CCC2)=C1.CC[C@H](O)CNC(=O)c1cc(NC(C)C)n[nH]1.COC(=O)CNC(=O)c1cc(NC(C)C)n[nH]1.COC1=CC(NC(C)C)=NC1.COc1cc(NC(C)C)cc(OC)c1.COc1cccc(NC(C)C)c1. The van der Waals surface area contributed by atoms with Crippen molar-refractivity contribution in [1.29, 1.82) is 10.5 Å². The van der Waals surface area contributed by atoms with Crippen molar-refractivity contribution in [2.75, 3.05) is 104 Å². The first-order chi connectivity index (χ1) is 61.9. The van der Waals surface area contributed by atoms with E-state index in [1.807, 2.05) is 163 Å². The van der Waals surface area contributed by atoms with Crippen molar-refractivity contribution < 1.29 is 48.0 Å². The second-order valence-corrected chi connectivity index (χ2v) is 33.0. The zero-order valence-corrected chi connectivity index (χ0v) is 80.3. The summed E-state index contributed by atoms with van der Waals surface area (Å²) in [4.78, 5) is 67.6. The number of rotatable bonds is 35. The van der Waals surface area contributed by atoms with E-state index in [0.29, 0.717) is 96.9 Å². The third kappa shape index (κ3) is 44.7. The van der Waals surface area contributed by atoms with Gasteiger partial charge in [-0.1, -0.05) is 50.4 Å². The number of aliphatic hydroxyl groups excluding tert-OH is 1. The molecule has 3 amide bonds. The Bertz CT molecular complexity index is 4950. The summed E-state index contributed by atoms with van der Waals surface area (Å²) in [5.74, 6) is 5.90. The van der Waals surface area contributed by atoms with Gasteiger partial charge in [0.15, 0.2) is 5.13 Å². The number of benzene rings is 4. The number of aliphatic hydroxyl groups is 1. The van der Waals surface area contributed by atoms with Crippen molar-refractivity contribution in [3.05, 3.63) is 180 Å². The third-order valence-electron chi connectivity index (χ3n) is 17.3. The van der Waals surface area contributed by atoms with Crippen LogP contribution in [0.2, 0.25) is 0 Å². The first-order valence-electron chi connectivity index (χ1n) is 43.4. The smallest absolute Gasteiger partial charge is 0.325 e. The lowest BCUT2D eigenvalue weighted by molar-refractivity contribution is -0.139. The predicted molar refractivity (Wildman–Crippen MR) is 526 cm³/mol. The van der Waals surface area contributed by atoms with Gasteiger partial charge < -0.3 is 97.9 Å². The lowest BCUT2D eigenvalue weighted by Crippen LogP contribution is -2.40. The standard InChI is InChI=1S/C17H19N5.C16H18N4S.C12H19N3O.C11H20N4O2.C11H17NO2.C10H16N4O3.C10H15NO.C8H14N2O/c1-12(2)20-17-19-11-9-16(22-17)14-4-6-15(7-5-14)21-13(3)8-10-18;1-11(2)18-16-20-15(10-21-16)13-4-6-14(7-5-13)19-12(3)8-9-17;1-8(2)14-11-6-9(7-13-11)12(16)15-10-4-3-5-10;1-4-8(16)6-12-11(17)9-5-10(15-14-9)13-7(2)3;1-8(2)12-9-5-10(13-3)7-11(6-9)14-4;1-6(2)12-8-4-7(13-14-8)10(16)11-5-9(15)17-3;1-8(2)11-9-5-4-6-10(7-9)12-3;1-6(2)10-8-4-7(11-3)5-9-8/h4-7,9,11-12,21H,3,8H2,1-2H3,(H,19,20,22);4-7,10-11,19H,3,8H2,1-2H3,(H,18,20);6,8,10H,3-5,7H2,1-2H3,(H,13,14)(H,15,16);5,7-8,16H,4,6H2,1-3H3,(H,12,17)(H2,13,14,15);5-8,12H,1-4H3;4,6H,5H2,1-3H3,(H,11,16)(H2,12,13,14);4-8,11H,1-3H3;4,6H,5H2,1-3H3,(H,9,10)/t;;;8-;;;;/m...0..../s1. The molecule has 0 saturated heterocycles. The van der Waals surface area contributed by atoms with E-state index in [2.05, 4.69) is 214 Å². The number of hydrogen-bond acceptors (Lipinski definition) is 30. The van der Waals surface area contributed by atoms with Gasteiger partial charge in [-0.3, -0.25) is 39.4 Å². The number of nitrogens with zero attached hydrogens (tertiary/aromatic N) is 9. The molecule has 130 heavy (non-hydrogen) atoms. The Morgan fingerprint density at radius 2 is 1.01 bits per heavy atom. The lowest BCUT2D eigenvalue weighted by Gasteiger charge is -2.26. The second-order valence-electron chi connectivity index (χ2n) is 32.2. The summed E-state index contributed by atoms with van der Waals surface area (Å²) in [6.45, 7) is 43.6. The quantitative estimate of drug-likeness (QED) is 0.0164. The molecule has 16 N–H and O–H groups in total. The minimum atomic E-state index is -0.505. The van der Waals surface area contributed by atoms with Gasteiger partial charge in [0, 0.05) is 166 Å². The summed E-state index contributed by atoms with van der Waals surface area (Å²) in [6.07, 6.45) is 9.71. The highest BCUT2D eigenvalue weighted by Crippen LogP contribution is 2.29. The number of amides is 3. The number of aliphatic imine (C=N–C) groups is 2. The topological polar surface area (TPSA) is 459 Å². The second kappa shape index (κ2) is 59.4. The maximum absolute atomic E-state index is 11.8. The highest BCUT2D eigenvalue weighted by molar-refractivity contribution is 7.14. The van der Waals surface area contributed by atoms with E-state index in [0.717, 1.165) is 103 Å². The molecule has 1 aliphatic carbocycles. The third-order valence-corrected chi connectivity index (χ3v) is 18.1. The van der Waals surface area contributed by atoms with E-state index in [4.69, 9.17) is 29.5 Å². The van der Waals surface area contributed by atoms with E-state index in [1.165, 1.54) is 13.5 Å². The Labute approximate surface area is 771 Å². The van der Waals surface area contributed by atoms with Gasteiger partial charge in [-0.15, -0.1) is 11.3 Å². The molecule has 6 heterocycles. The van der Waals surface area contributed by atoms with Crippen LogP contribution in [0.15, 0.2) is 179 Å². The molecule has 704 valence electrons. The van der Waals surface area contributed by atoms with Gasteiger partial charge in [-0.05, 0) is 185 Å². The Kier molecular flexibility index (Phi) is 49.6. The van der Waals surface area contributed by atoms with Gasteiger partial charge in [0.25, 0.3) is 11.8 Å². The highest BCUT2D eigenvalue weighted by Gasteiger charge is 2.24. The molecule has 1 atom stereocenters. The maximum atomic E-state index is 11.8. The molecule has 1 saturated carbocycles. The number of ether oxygens (including phenoxy) is 5. The molecule has 4 aromatic heterocycles. The lowest BCUT2D eigenvalue weighted by atomic mass is 9.93. The van der Waals surface area contributed by atoms with Crippen LogP contribution in [0.4, 0.5) is 45.5 Å². The largest absolute Gasteiger partial charge is 0.499 e. The van der Waals surface area contributed by atoms with Crippen LogP contribution < -0.4 is 83.3 Å². The molecule has 34 nitrogen and oxygen atoms in total. The Morgan fingerprint density at radius 1 is 0.523 bits per heavy atom. The van der Waals surface area contributed by atoms with Gasteiger partial charge >= 0.3 is 5.97 Å². The summed E-state index contributed by atoms with van der Waals surface area (Å²) < 4.78 is 24.8. The van der Waals surface area contributed by atoms with E-state index in [1.54, 1.807) is 58.1 Å². The molecule has 0 spiro atoms. The molecule has 3 aliphatic rings. The number of carbonyl (C=O) groups excluding carboxylic acids is 4. The van der Waals surface area contributed by atoms with Crippen molar-refractivity contribution in [2.24, 2.45) is 9.98 Å². The molecule has 11 rings (SSSR count). The molecular weight excluding hydrogens is 1670 g/mol. The summed E-state index contributed by atoms with van der Waals surface area (Å²) in [6, 6.07) is 41.9. The number of hydrogen-bond donors (Lipinski definition) is 16. The number of nitriles is 2. The van der Waals surface area contributed by atoms with Gasteiger partial charge in [-0.25, -0.2) is 15.0 Å². The predicted octanol–water partition coefficient (Wildman–Crippen LogP) is 16.1. The van der Waals surface area contributed by atoms with Crippen LogP contribution in [0.25, 0.3) is 22.5 Å². The fraction of sp³-hybridized carbons (Fsp3) is 0.442. The monoisotopic (exact) mass is 1810 g/mol. The number of methoxy groups -OCH3 is 5. The number of thiazole rings is 1. The van der Waals surface area contributed by atoms with Crippen molar-refractivity contribution in [1.82, 2.24) is 61.9 Å². The molecule has 0 unspecified atom stereocenters. The van der Waals surface area contributed by atoms with Crippen LogP contribution in [0.5, 0.6) is 17.2 Å². The number of amidine groups is 2. The number of nitrogens with one attached hydrogen (secondary N) is 15. The van der Waals surface area contributed by atoms with Crippen molar-refractivity contribution in [3.63, 3.8) is 0 Å². The van der Waals surface area contributed by atoms with Crippen LogP contribution in [0.1, 0.15) is 177 Å². The van der Waals surface area contributed by atoms with Gasteiger partial charge in [0.2, 0.25) is 11.9 Å². The highest BCUT2D eigenvalue weighted by atomic mass is 32.1. The number of aromatic nitrogens is 7. The molecule has 8 aromatic rings. The number of carbonyl (C=O) groups is 4. The number of esters is 1. The maximum Gasteiger partial charge on any atom is 0.325 e. The van der Waals surface area contributed by atoms with Crippen LogP contribution >= 0.6 is 11.3 Å². The number of allylic oxidation sites excluding steroid dienone is 2. The van der Waals surface area contributed by atoms with Crippen molar-refractivity contribution in [2.45, 2.75) is 217 Å². The van der Waals surface area contributed by atoms with Gasteiger partial charge in [-0.2, -0.15) is 20.7 Å². The molecule has 35 heteroatoms. The molecule has 1 fully saturated rings. The van der Waals surface area contributed by atoms with Crippen LogP contribution in [0.3, 0.4) is 0 Å². The summed E-state index contributed by atoms with van der Waals surface area (Å²) in [5.41, 5.74) is 10.7. The van der Waals surface area contributed by atoms with E-state index in [-0.39, 0.29) is 55.1 Å². The zero-order valence-electron chi connectivity index (χ0n) is 79.5. The molecule has 0 radical (unpaired) electrons. The van der Waals surface area contributed by atoms with Gasteiger partial charge in [0.1, 0.15) is 64.2 Å². The molecule has 0 bridgehead atoms. The number of anilines is 8. The average molecular weight is 1810 g/mol. The minimum Gasteiger partial charge on any atom is -0.499 e. The van der Waals surface area contributed by atoms with E-state index in [9.17, 15) is 24.3 Å². The molecule has 4 aromatic carbocycles. The fourth-order valence-corrected chi connectivity index (χ4v) is 11.9. The van der Waals surface area contributed by atoms with E-state index >= 15 is 0 Å². The van der Waals surface area contributed by atoms with Crippen LogP contribution in [-0.2, 0) is 19.1 Å². The summed E-state index contributed by atoms with van der Waals surface area (Å²) in [5, 5.41) is 82.5. The van der Waals surface area contributed by atoms with Crippen molar-refractivity contribution in [3.8, 4) is 51.9 Å². The van der Waals surface area contributed by atoms with Crippen molar-refractivity contribution >= 4 is 92.2 Å². The number of aromatic amines is 2. The Morgan fingerprint density at radius 3 is 1.47 bits per heavy atom. The van der Waals surface area contributed by atoms with Gasteiger partial charge in [0.05, 0.1) is 91.1 Å². The van der Waals surface area contributed by atoms with E-state index < -0.39 is 18.0 Å². The summed E-state index contributed by atoms with van der Waals surface area (Å²) in [7, 11) is 7.89. The fourth-order valence-electron chi connectivity index (χ4n) is 11.0. The molecule has 2 aliphatic heterocycles. The minimum absolute atomic E-state index is 0.0500.